The van der Waals surface area contributed by atoms with Crippen molar-refractivity contribution >= 4 is 23.6 Å². The predicted octanol–water partition coefficient (Wildman–Crippen LogP) is 3.34. The largest absolute Gasteiger partial charge is 0.490 e. The fraction of sp³-hybridized carbons (Fsp3) is 0.579. The lowest BCUT2D eigenvalue weighted by molar-refractivity contribution is -0.139. The molecule has 1 fully saturated rings. The molecule has 0 bridgehead atoms. The van der Waals surface area contributed by atoms with Gasteiger partial charge in [0.15, 0.2) is 18.1 Å². The van der Waals surface area contributed by atoms with E-state index in [4.69, 9.17) is 14.6 Å². The molecule has 1 amide bonds. The van der Waals surface area contributed by atoms with Gasteiger partial charge in [0.1, 0.15) is 0 Å². The number of hydrogen-bond acceptors (Lipinski definition) is 5. The lowest BCUT2D eigenvalue weighted by Gasteiger charge is -2.29. The Balaban J connectivity index is 2.03. The topological polar surface area (TPSA) is 84.9 Å². The molecule has 1 saturated carbocycles. The van der Waals surface area contributed by atoms with Crippen molar-refractivity contribution in [2.75, 3.05) is 19.0 Å². The van der Waals surface area contributed by atoms with Gasteiger partial charge in [-0.05, 0) is 50.1 Å². The van der Waals surface area contributed by atoms with Crippen LogP contribution in [-0.2, 0) is 4.79 Å². The molecule has 0 saturated heterocycles. The number of carbonyl (C=O) groups excluding carboxylic acids is 1. The van der Waals surface area contributed by atoms with E-state index in [1.54, 1.807) is 18.2 Å². The van der Waals surface area contributed by atoms with Gasteiger partial charge in [-0.25, -0.2) is 4.79 Å². The van der Waals surface area contributed by atoms with E-state index in [1.165, 1.54) is 6.42 Å². The second-order valence-electron chi connectivity index (χ2n) is 6.19. The Bertz CT molecular complexity index is 620. The molecule has 0 spiro atoms. The summed E-state index contributed by atoms with van der Waals surface area (Å²) < 4.78 is 10.7. The minimum atomic E-state index is -1.06. The number of amides is 1. The van der Waals surface area contributed by atoms with Gasteiger partial charge in [0, 0.05) is 16.9 Å². The zero-order valence-electron chi connectivity index (χ0n) is 15.3. The molecule has 1 aliphatic carbocycles. The van der Waals surface area contributed by atoms with Gasteiger partial charge >= 0.3 is 5.97 Å². The van der Waals surface area contributed by atoms with Gasteiger partial charge in [-0.2, -0.15) is 11.8 Å². The van der Waals surface area contributed by atoms with E-state index in [0.717, 1.165) is 25.0 Å². The van der Waals surface area contributed by atoms with E-state index in [0.29, 0.717) is 28.9 Å². The lowest BCUT2D eigenvalue weighted by Crippen LogP contribution is -2.39. The summed E-state index contributed by atoms with van der Waals surface area (Å²) in [7, 11) is 0. The second kappa shape index (κ2) is 10.3. The zero-order chi connectivity index (χ0) is 18.9. The molecule has 26 heavy (non-hydrogen) atoms. The van der Waals surface area contributed by atoms with Crippen molar-refractivity contribution < 1.29 is 24.2 Å². The summed E-state index contributed by atoms with van der Waals surface area (Å²) in [5.41, 5.74) is 0.487. The highest BCUT2D eigenvalue weighted by Gasteiger charge is 2.24. The van der Waals surface area contributed by atoms with Gasteiger partial charge < -0.3 is 19.9 Å². The van der Waals surface area contributed by atoms with Crippen LogP contribution in [-0.4, -0.2) is 47.2 Å². The Morgan fingerprint density at radius 1 is 1.23 bits per heavy atom. The molecule has 2 atom stereocenters. The van der Waals surface area contributed by atoms with E-state index >= 15 is 0 Å². The molecule has 1 aromatic rings. The Kier molecular flexibility index (Phi) is 8.09. The van der Waals surface area contributed by atoms with E-state index in [-0.39, 0.29) is 11.9 Å². The maximum absolute atomic E-state index is 12.6. The molecule has 0 radical (unpaired) electrons. The number of rotatable bonds is 9. The molecule has 0 heterocycles. The summed E-state index contributed by atoms with van der Waals surface area (Å²) in [5.74, 6) is 0.599. The number of thioether (sulfide) groups is 1. The maximum Gasteiger partial charge on any atom is 0.341 e. The number of aliphatic carboxylic acids is 1. The Labute approximate surface area is 158 Å². The Morgan fingerprint density at radius 2 is 2.04 bits per heavy atom. The van der Waals surface area contributed by atoms with Crippen LogP contribution in [0, 0.1) is 0 Å². The Morgan fingerprint density at radius 3 is 2.73 bits per heavy atom. The third kappa shape index (κ3) is 6.12. The maximum atomic E-state index is 12.6. The van der Waals surface area contributed by atoms with Crippen LogP contribution in [0.1, 0.15) is 49.9 Å². The summed E-state index contributed by atoms with van der Waals surface area (Å²) in [6.45, 7) is 3.93. The molecule has 1 aliphatic rings. The molecule has 6 nitrogen and oxygen atoms in total. The van der Waals surface area contributed by atoms with E-state index in [9.17, 15) is 9.59 Å². The molecule has 0 aliphatic heterocycles. The van der Waals surface area contributed by atoms with Gasteiger partial charge in [0.2, 0.25) is 0 Å². The van der Waals surface area contributed by atoms with E-state index < -0.39 is 12.6 Å². The van der Waals surface area contributed by atoms with Gasteiger partial charge in [-0.1, -0.05) is 13.3 Å². The van der Waals surface area contributed by atoms with Crippen molar-refractivity contribution in [3.05, 3.63) is 23.8 Å². The normalized spacial score (nSPS) is 19.6. The molecule has 7 heteroatoms. The van der Waals surface area contributed by atoms with Crippen molar-refractivity contribution in [3.63, 3.8) is 0 Å². The average Bonchev–Trinajstić information content (AvgIpc) is 2.61. The number of carboxylic acids is 1. The van der Waals surface area contributed by atoms with Crippen LogP contribution in [0.5, 0.6) is 11.5 Å². The monoisotopic (exact) mass is 381 g/mol. The first kappa shape index (κ1) is 20.4. The first-order valence-electron chi connectivity index (χ1n) is 9.07. The average molecular weight is 381 g/mol. The fourth-order valence-electron chi connectivity index (χ4n) is 3.11. The van der Waals surface area contributed by atoms with Gasteiger partial charge in [0.25, 0.3) is 5.91 Å². The Hall–Kier alpha value is -1.89. The SMILES string of the molecule is CCOc1cc(C(=O)NC2CCCC(SCC)C2)ccc1OCC(=O)O. The van der Waals surface area contributed by atoms with Crippen LogP contribution < -0.4 is 14.8 Å². The molecule has 2 rings (SSSR count). The standard InChI is InChI=1S/C19H27NO5S/c1-3-24-17-10-13(8-9-16(17)25-12-18(21)22)19(23)20-14-6-5-7-15(11-14)26-4-2/h8-10,14-15H,3-7,11-12H2,1-2H3,(H,20,23)(H,21,22). The van der Waals surface area contributed by atoms with Crippen molar-refractivity contribution in [1.82, 2.24) is 5.32 Å². The number of ether oxygens (including phenoxy) is 2. The lowest BCUT2D eigenvalue weighted by atomic mass is 9.94. The van der Waals surface area contributed by atoms with Crippen LogP contribution in [0.3, 0.4) is 0 Å². The summed E-state index contributed by atoms with van der Waals surface area (Å²) in [6, 6.07) is 5.02. The quantitative estimate of drug-likeness (QED) is 0.682. The summed E-state index contributed by atoms with van der Waals surface area (Å²) in [6.07, 6.45) is 4.36. The zero-order valence-corrected chi connectivity index (χ0v) is 16.1. The number of carboxylic acid groups (broad SMARTS) is 1. The molecular weight excluding hydrogens is 354 g/mol. The fourth-order valence-corrected chi connectivity index (χ4v) is 4.28. The van der Waals surface area contributed by atoms with Crippen molar-refractivity contribution in [2.24, 2.45) is 0 Å². The molecule has 2 N–H and O–H groups in total. The van der Waals surface area contributed by atoms with Crippen molar-refractivity contribution in [2.45, 2.75) is 50.8 Å². The first-order chi connectivity index (χ1) is 12.5. The van der Waals surface area contributed by atoms with E-state index in [1.807, 2.05) is 18.7 Å². The highest BCUT2D eigenvalue weighted by atomic mass is 32.2. The third-order valence-corrected chi connectivity index (χ3v) is 5.45. The highest BCUT2D eigenvalue weighted by molar-refractivity contribution is 7.99. The van der Waals surface area contributed by atoms with Crippen LogP contribution in [0.15, 0.2) is 18.2 Å². The van der Waals surface area contributed by atoms with Crippen LogP contribution in [0.25, 0.3) is 0 Å². The minimum Gasteiger partial charge on any atom is -0.490 e. The third-order valence-electron chi connectivity index (χ3n) is 4.22. The number of benzene rings is 1. The van der Waals surface area contributed by atoms with Crippen molar-refractivity contribution in [1.29, 1.82) is 0 Å². The smallest absolute Gasteiger partial charge is 0.341 e. The second-order valence-corrected chi connectivity index (χ2v) is 7.77. The van der Waals surface area contributed by atoms with Crippen LogP contribution in [0.4, 0.5) is 0 Å². The van der Waals surface area contributed by atoms with Gasteiger partial charge in [-0.3, -0.25) is 4.79 Å². The van der Waals surface area contributed by atoms with E-state index in [2.05, 4.69) is 12.2 Å². The first-order valence-corrected chi connectivity index (χ1v) is 10.1. The summed E-state index contributed by atoms with van der Waals surface area (Å²) >= 11 is 1.96. The number of hydrogen-bond donors (Lipinski definition) is 2. The highest BCUT2D eigenvalue weighted by Crippen LogP contribution is 2.30. The number of nitrogens with one attached hydrogen (secondary N) is 1. The molecule has 144 valence electrons. The van der Waals surface area contributed by atoms with Crippen molar-refractivity contribution in [3.8, 4) is 11.5 Å². The molecule has 0 aromatic heterocycles. The van der Waals surface area contributed by atoms with Gasteiger partial charge in [-0.15, -0.1) is 0 Å². The molecular formula is C19H27NO5S. The van der Waals surface area contributed by atoms with Crippen LogP contribution in [0.2, 0.25) is 0 Å². The van der Waals surface area contributed by atoms with Gasteiger partial charge in [0.05, 0.1) is 6.61 Å². The molecule has 1 aromatic carbocycles. The predicted molar refractivity (Wildman–Crippen MR) is 102 cm³/mol. The summed E-state index contributed by atoms with van der Waals surface area (Å²) in [5, 5.41) is 12.5. The summed E-state index contributed by atoms with van der Waals surface area (Å²) in [4.78, 5) is 23.3. The number of carbonyl (C=O) groups is 2. The van der Waals surface area contributed by atoms with Crippen LogP contribution >= 0.6 is 11.8 Å². The molecule has 2 unspecified atom stereocenters. The minimum absolute atomic E-state index is 0.136.